The number of piperidine rings is 1. The summed E-state index contributed by atoms with van der Waals surface area (Å²) >= 11 is 0. The number of nitrogens with zero attached hydrogens (tertiary/aromatic N) is 2. The molecular formula is C12H21N5O2. The number of imide groups is 1. The largest absolute Gasteiger partial charge is 0.325 e. The molecule has 3 atom stereocenters. The summed E-state index contributed by atoms with van der Waals surface area (Å²) in [6.45, 7) is 4.31. The van der Waals surface area contributed by atoms with Gasteiger partial charge in [-0.1, -0.05) is 6.92 Å². The van der Waals surface area contributed by atoms with Crippen molar-refractivity contribution in [3.8, 4) is 0 Å². The van der Waals surface area contributed by atoms with Crippen LogP contribution in [0.1, 0.15) is 19.8 Å². The van der Waals surface area contributed by atoms with E-state index in [2.05, 4.69) is 27.8 Å². The zero-order chi connectivity index (χ0) is 13.6. The Morgan fingerprint density at radius 1 is 1.16 bits per heavy atom. The first-order valence-electron chi connectivity index (χ1n) is 6.90. The zero-order valence-electron chi connectivity index (χ0n) is 11.3. The highest BCUT2D eigenvalue weighted by atomic mass is 16.2. The maximum atomic E-state index is 11.8. The molecule has 3 aliphatic rings. The van der Waals surface area contributed by atoms with Gasteiger partial charge in [-0.3, -0.25) is 25.6 Å². The Morgan fingerprint density at radius 3 is 2.53 bits per heavy atom. The fraction of sp³-hybridized carbons (Fsp3) is 0.833. The molecule has 19 heavy (non-hydrogen) atoms. The minimum absolute atomic E-state index is 0.0263. The van der Waals surface area contributed by atoms with E-state index >= 15 is 0 Å². The maximum absolute atomic E-state index is 11.8. The standard InChI is InChI=1S/C12H21N5O2/c1-7-3-5-17(6-4-7)11-13-8-9(14-11)16(2)12(19)15-10(8)18/h7-9,11,13-14H,3-6H2,1-2H3,(H,15,18,19). The normalized spacial score (nSPS) is 37.4. The smallest absolute Gasteiger partial charge is 0.310 e. The van der Waals surface area contributed by atoms with Gasteiger partial charge in [-0.25, -0.2) is 4.79 Å². The molecule has 3 saturated heterocycles. The molecule has 3 amide bonds. The van der Waals surface area contributed by atoms with Crippen LogP contribution in [-0.2, 0) is 4.79 Å². The molecule has 0 bridgehead atoms. The molecule has 3 heterocycles. The van der Waals surface area contributed by atoms with Crippen molar-refractivity contribution in [3.63, 3.8) is 0 Å². The predicted octanol–water partition coefficient (Wildman–Crippen LogP) is -0.929. The Hall–Kier alpha value is -1.18. The van der Waals surface area contributed by atoms with Gasteiger partial charge in [-0.15, -0.1) is 0 Å². The number of likely N-dealkylation sites (tertiary alicyclic amines) is 1. The van der Waals surface area contributed by atoms with Gasteiger partial charge in [0, 0.05) is 20.1 Å². The lowest BCUT2D eigenvalue weighted by molar-refractivity contribution is -0.124. The number of rotatable bonds is 1. The summed E-state index contributed by atoms with van der Waals surface area (Å²) in [5.41, 5.74) is 0. The van der Waals surface area contributed by atoms with E-state index in [1.165, 1.54) is 12.8 Å². The molecule has 3 N–H and O–H groups in total. The van der Waals surface area contributed by atoms with Crippen LogP contribution in [0.5, 0.6) is 0 Å². The molecule has 106 valence electrons. The molecule has 0 aliphatic carbocycles. The number of nitrogens with one attached hydrogen (secondary N) is 3. The number of hydrogen-bond donors (Lipinski definition) is 3. The average molecular weight is 267 g/mol. The van der Waals surface area contributed by atoms with Crippen LogP contribution in [0, 0.1) is 5.92 Å². The lowest BCUT2D eigenvalue weighted by atomic mass is 9.99. The van der Waals surface area contributed by atoms with Gasteiger partial charge in [0.05, 0.1) is 0 Å². The molecule has 0 saturated carbocycles. The Morgan fingerprint density at radius 2 is 1.84 bits per heavy atom. The number of fused-ring (bicyclic) bond motifs is 1. The van der Waals surface area contributed by atoms with E-state index in [-0.39, 0.29) is 30.4 Å². The van der Waals surface area contributed by atoms with E-state index in [9.17, 15) is 9.59 Å². The average Bonchev–Trinajstić information content (AvgIpc) is 2.83. The molecule has 0 radical (unpaired) electrons. The van der Waals surface area contributed by atoms with Crippen LogP contribution in [-0.4, -0.2) is 60.4 Å². The Bertz CT molecular complexity index is 394. The fourth-order valence-corrected chi connectivity index (χ4v) is 3.02. The lowest BCUT2D eigenvalue weighted by Crippen LogP contribution is -2.64. The Kier molecular flexibility index (Phi) is 3.20. The Labute approximate surface area is 112 Å². The van der Waals surface area contributed by atoms with Gasteiger partial charge in [0.1, 0.15) is 18.5 Å². The molecule has 7 nitrogen and oxygen atoms in total. The summed E-state index contributed by atoms with van der Waals surface area (Å²) in [4.78, 5) is 27.3. The fourth-order valence-electron chi connectivity index (χ4n) is 3.02. The zero-order valence-corrected chi connectivity index (χ0v) is 11.3. The SMILES string of the molecule is CC1CCN(C2NC3C(=O)NC(=O)N(C)C3N2)CC1. The van der Waals surface area contributed by atoms with Crippen molar-refractivity contribution in [2.24, 2.45) is 5.92 Å². The minimum atomic E-state index is -0.368. The van der Waals surface area contributed by atoms with Gasteiger partial charge in [0.15, 0.2) is 0 Å². The summed E-state index contributed by atoms with van der Waals surface area (Å²) in [5, 5.41) is 8.99. The van der Waals surface area contributed by atoms with E-state index in [4.69, 9.17) is 0 Å². The predicted molar refractivity (Wildman–Crippen MR) is 68.9 cm³/mol. The third-order valence-electron chi connectivity index (χ3n) is 4.42. The summed E-state index contributed by atoms with van der Waals surface area (Å²) < 4.78 is 0. The molecule has 0 aromatic carbocycles. The van der Waals surface area contributed by atoms with Crippen LogP contribution in [0.25, 0.3) is 0 Å². The second-order valence-electron chi connectivity index (χ2n) is 5.78. The van der Waals surface area contributed by atoms with Crippen molar-refractivity contribution in [1.29, 1.82) is 0 Å². The molecular weight excluding hydrogens is 246 g/mol. The third-order valence-corrected chi connectivity index (χ3v) is 4.42. The molecule has 0 spiro atoms. The third kappa shape index (κ3) is 2.22. The van der Waals surface area contributed by atoms with Crippen LogP contribution in [0.3, 0.4) is 0 Å². The first-order chi connectivity index (χ1) is 9.06. The molecule has 0 aromatic rings. The van der Waals surface area contributed by atoms with Gasteiger partial charge >= 0.3 is 6.03 Å². The highest BCUT2D eigenvalue weighted by molar-refractivity contribution is 6.00. The Balaban J connectivity index is 1.68. The maximum Gasteiger partial charge on any atom is 0.325 e. The van der Waals surface area contributed by atoms with Crippen molar-refractivity contribution in [3.05, 3.63) is 0 Å². The van der Waals surface area contributed by atoms with Gasteiger partial charge in [0.2, 0.25) is 5.91 Å². The van der Waals surface area contributed by atoms with E-state index in [1.807, 2.05) is 0 Å². The van der Waals surface area contributed by atoms with Gasteiger partial charge in [-0.05, 0) is 18.8 Å². The number of hydrogen-bond acceptors (Lipinski definition) is 5. The molecule has 3 rings (SSSR count). The molecule has 7 heteroatoms. The number of urea groups is 1. The monoisotopic (exact) mass is 267 g/mol. The van der Waals surface area contributed by atoms with Gasteiger partial charge in [-0.2, -0.15) is 0 Å². The summed E-state index contributed by atoms with van der Waals surface area (Å²) in [6.07, 6.45) is 2.07. The number of carbonyl (C=O) groups excluding carboxylic acids is 2. The van der Waals surface area contributed by atoms with Crippen LogP contribution in [0.15, 0.2) is 0 Å². The molecule has 0 aromatic heterocycles. The quantitative estimate of drug-likeness (QED) is 0.572. The summed E-state index contributed by atoms with van der Waals surface area (Å²) in [5.74, 6) is 0.529. The van der Waals surface area contributed by atoms with Crippen molar-refractivity contribution in [1.82, 2.24) is 25.8 Å². The first kappa shape index (κ1) is 12.8. The second-order valence-corrected chi connectivity index (χ2v) is 5.78. The summed E-state index contributed by atoms with van der Waals surface area (Å²) in [7, 11) is 1.70. The number of likely N-dealkylation sites (N-methyl/N-ethyl adjacent to an activating group) is 1. The van der Waals surface area contributed by atoms with Crippen LogP contribution in [0.4, 0.5) is 4.79 Å². The van der Waals surface area contributed by atoms with Crippen molar-refractivity contribution in [2.45, 2.75) is 38.3 Å². The van der Waals surface area contributed by atoms with E-state index in [1.54, 1.807) is 11.9 Å². The molecule has 3 aliphatic heterocycles. The van der Waals surface area contributed by atoms with Crippen molar-refractivity contribution < 1.29 is 9.59 Å². The lowest BCUT2D eigenvalue weighted by Gasteiger charge is -2.35. The van der Waals surface area contributed by atoms with E-state index in [0.29, 0.717) is 0 Å². The first-order valence-corrected chi connectivity index (χ1v) is 6.90. The van der Waals surface area contributed by atoms with Crippen LogP contribution in [0.2, 0.25) is 0 Å². The van der Waals surface area contributed by atoms with Crippen molar-refractivity contribution >= 4 is 11.9 Å². The van der Waals surface area contributed by atoms with E-state index < -0.39 is 0 Å². The van der Waals surface area contributed by atoms with Crippen LogP contribution >= 0.6 is 0 Å². The van der Waals surface area contributed by atoms with Gasteiger partial charge in [0.25, 0.3) is 0 Å². The summed E-state index contributed by atoms with van der Waals surface area (Å²) in [6, 6.07) is -0.708. The second kappa shape index (κ2) is 4.73. The highest BCUT2D eigenvalue weighted by Crippen LogP contribution is 2.21. The number of amides is 3. The van der Waals surface area contributed by atoms with E-state index in [0.717, 1.165) is 19.0 Å². The van der Waals surface area contributed by atoms with Gasteiger partial charge < -0.3 is 4.90 Å². The van der Waals surface area contributed by atoms with Crippen LogP contribution < -0.4 is 16.0 Å². The molecule has 3 fully saturated rings. The minimum Gasteiger partial charge on any atom is -0.310 e. The van der Waals surface area contributed by atoms with Crippen molar-refractivity contribution in [2.75, 3.05) is 20.1 Å². The number of carbonyl (C=O) groups is 2. The molecule has 3 unspecified atom stereocenters. The highest BCUT2D eigenvalue weighted by Gasteiger charge is 2.47. The topological polar surface area (TPSA) is 76.7 Å².